The van der Waals surface area contributed by atoms with Gasteiger partial charge >= 0.3 is 0 Å². The second-order valence-electron chi connectivity index (χ2n) is 8.56. The number of nitrogens with one attached hydrogen (secondary N) is 2. The van der Waals surface area contributed by atoms with E-state index in [2.05, 4.69) is 47.4 Å². The first-order valence-corrected chi connectivity index (χ1v) is 11.9. The van der Waals surface area contributed by atoms with Crippen LogP contribution in [0.1, 0.15) is 29.2 Å². The van der Waals surface area contributed by atoms with Crippen LogP contribution in [0.5, 0.6) is 0 Å². The monoisotopic (exact) mass is 478 g/mol. The molecule has 9 nitrogen and oxygen atoms in total. The molecule has 9 heteroatoms. The van der Waals surface area contributed by atoms with Crippen molar-refractivity contribution in [3.8, 4) is 17.3 Å². The molecule has 4 aromatic rings. The first-order valence-electron chi connectivity index (χ1n) is 11.9. The molecule has 1 aliphatic rings. The van der Waals surface area contributed by atoms with Gasteiger partial charge in [-0.15, -0.1) is 0 Å². The van der Waals surface area contributed by atoms with E-state index in [1.165, 1.54) is 5.69 Å². The van der Waals surface area contributed by atoms with E-state index in [9.17, 15) is 4.79 Å². The number of nitriles is 1. The predicted octanol–water partition coefficient (Wildman–Crippen LogP) is 4.18. The van der Waals surface area contributed by atoms with E-state index in [0.717, 1.165) is 42.9 Å². The van der Waals surface area contributed by atoms with Gasteiger partial charge in [0, 0.05) is 54.2 Å². The Morgan fingerprint density at radius 3 is 2.50 bits per heavy atom. The summed E-state index contributed by atoms with van der Waals surface area (Å²) in [4.78, 5) is 23.4. The Kier molecular flexibility index (Phi) is 6.85. The zero-order valence-electron chi connectivity index (χ0n) is 19.7. The number of rotatable bonds is 7. The van der Waals surface area contributed by atoms with Crippen molar-refractivity contribution in [2.45, 2.75) is 18.9 Å². The minimum absolute atomic E-state index is 0.0207. The van der Waals surface area contributed by atoms with Gasteiger partial charge in [0.05, 0.1) is 17.8 Å². The molecule has 1 saturated heterocycles. The van der Waals surface area contributed by atoms with Crippen molar-refractivity contribution in [1.29, 1.82) is 5.26 Å². The highest BCUT2D eigenvalue weighted by Gasteiger charge is 2.20. The van der Waals surface area contributed by atoms with E-state index < -0.39 is 0 Å². The van der Waals surface area contributed by atoms with Crippen molar-refractivity contribution < 1.29 is 4.79 Å². The summed E-state index contributed by atoms with van der Waals surface area (Å²) in [6.45, 7) is 1.98. The lowest BCUT2D eigenvalue weighted by molar-refractivity contribution is 0.0958. The number of hydrogen-bond acceptors (Lipinski definition) is 7. The number of aromatic nitrogens is 4. The lowest BCUT2D eigenvalue weighted by Crippen LogP contribution is -2.34. The van der Waals surface area contributed by atoms with Crippen LogP contribution in [-0.4, -0.2) is 45.3 Å². The average Bonchev–Trinajstić information content (AvgIpc) is 3.48. The molecule has 1 aliphatic heterocycles. The molecule has 36 heavy (non-hydrogen) atoms. The van der Waals surface area contributed by atoms with E-state index >= 15 is 0 Å². The molecule has 0 saturated carbocycles. The molecule has 3 heterocycles. The predicted molar refractivity (Wildman–Crippen MR) is 138 cm³/mol. The van der Waals surface area contributed by atoms with Crippen molar-refractivity contribution in [2.24, 2.45) is 0 Å². The third-order valence-corrected chi connectivity index (χ3v) is 6.28. The Labute approximate surface area is 209 Å². The summed E-state index contributed by atoms with van der Waals surface area (Å²) < 4.78 is 2.07. The first kappa shape index (κ1) is 23.1. The fraction of sp³-hybridized carbons (Fsp3) is 0.222. The van der Waals surface area contributed by atoms with Crippen molar-refractivity contribution in [3.63, 3.8) is 0 Å². The van der Waals surface area contributed by atoms with Gasteiger partial charge in [-0.25, -0.2) is 9.97 Å². The highest BCUT2D eigenvalue weighted by Crippen LogP contribution is 2.27. The Bertz CT molecular complexity index is 1340. The van der Waals surface area contributed by atoms with Gasteiger partial charge in [0.2, 0.25) is 5.95 Å². The van der Waals surface area contributed by atoms with Crippen molar-refractivity contribution >= 4 is 23.2 Å². The molecule has 2 aromatic carbocycles. The lowest BCUT2D eigenvalue weighted by atomic mass is 10.0. The molecule has 0 atom stereocenters. The topological polar surface area (TPSA) is 112 Å². The third-order valence-electron chi connectivity index (χ3n) is 6.28. The van der Waals surface area contributed by atoms with Crippen LogP contribution in [0.3, 0.4) is 0 Å². The molecule has 0 bridgehead atoms. The SMILES string of the molecule is N#CCNC(=O)c1ccc(-c2ccnc(Nc3ccc(N4CCC(n5cccn5)CC4)cc3)n2)cc1. The van der Waals surface area contributed by atoms with Crippen LogP contribution >= 0.6 is 0 Å². The minimum atomic E-state index is -0.279. The summed E-state index contributed by atoms with van der Waals surface area (Å²) in [6, 6.07) is 21.6. The second-order valence-corrected chi connectivity index (χ2v) is 8.56. The zero-order chi connectivity index (χ0) is 24.7. The summed E-state index contributed by atoms with van der Waals surface area (Å²) in [5.41, 5.74) is 4.21. The van der Waals surface area contributed by atoms with Gasteiger partial charge in [-0.3, -0.25) is 9.48 Å². The summed E-state index contributed by atoms with van der Waals surface area (Å²) in [7, 11) is 0. The Morgan fingerprint density at radius 2 is 1.81 bits per heavy atom. The number of amides is 1. The molecule has 0 radical (unpaired) electrons. The second kappa shape index (κ2) is 10.7. The molecule has 0 unspecified atom stereocenters. The van der Waals surface area contributed by atoms with Crippen molar-refractivity contribution in [3.05, 3.63) is 84.8 Å². The standard InChI is InChI=1S/C27H26N8O/c28-13-16-29-26(36)21-4-2-20(3-5-21)25-10-15-30-27(33-25)32-22-6-8-23(9-7-22)34-18-11-24(12-19-34)35-17-1-14-31-35/h1-10,14-15,17,24H,11-12,16,18-19H2,(H,29,36)(H,30,32,33). The van der Waals surface area contributed by atoms with E-state index in [1.54, 1.807) is 18.3 Å². The van der Waals surface area contributed by atoms with Crippen molar-refractivity contribution in [2.75, 3.05) is 29.9 Å². The highest BCUT2D eigenvalue weighted by atomic mass is 16.1. The normalized spacial score (nSPS) is 13.7. The Balaban J connectivity index is 1.20. The molecule has 0 spiro atoms. The molecule has 180 valence electrons. The zero-order valence-corrected chi connectivity index (χ0v) is 19.7. The Morgan fingerprint density at radius 1 is 1.03 bits per heavy atom. The van der Waals surface area contributed by atoms with E-state index in [0.29, 0.717) is 17.6 Å². The molecule has 2 aromatic heterocycles. The van der Waals surface area contributed by atoms with Gasteiger partial charge in [0.1, 0.15) is 6.54 Å². The molecule has 1 fully saturated rings. The molecular formula is C27H26N8O. The number of hydrogen-bond donors (Lipinski definition) is 2. The molecule has 5 rings (SSSR count). The van der Waals surface area contributed by atoms with Crippen LogP contribution < -0.4 is 15.5 Å². The fourth-order valence-electron chi connectivity index (χ4n) is 4.36. The highest BCUT2D eigenvalue weighted by molar-refractivity contribution is 5.94. The van der Waals surface area contributed by atoms with Crippen LogP contribution in [0.15, 0.2) is 79.3 Å². The molecule has 1 amide bonds. The molecule has 0 aliphatic carbocycles. The lowest BCUT2D eigenvalue weighted by Gasteiger charge is -2.33. The quantitative estimate of drug-likeness (QED) is 0.383. The maximum atomic E-state index is 12.0. The van der Waals surface area contributed by atoms with Gasteiger partial charge in [0.25, 0.3) is 5.91 Å². The van der Waals surface area contributed by atoms with Crippen LogP contribution in [0, 0.1) is 11.3 Å². The summed E-state index contributed by atoms with van der Waals surface area (Å²) in [5, 5.41) is 18.8. The largest absolute Gasteiger partial charge is 0.371 e. The van der Waals surface area contributed by atoms with Crippen LogP contribution in [-0.2, 0) is 0 Å². The smallest absolute Gasteiger partial charge is 0.252 e. The van der Waals surface area contributed by atoms with Gasteiger partial charge in [0.15, 0.2) is 0 Å². The van der Waals surface area contributed by atoms with Crippen LogP contribution in [0.4, 0.5) is 17.3 Å². The maximum Gasteiger partial charge on any atom is 0.252 e. The number of piperidine rings is 1. The number of nitrogens with zero attached hydrogens (tertiary/aromatic N) is 6. The third kappa shape index (κ3) is 5.33. The van der Waals surface area contributed by atoms with Crippen LogP contribution in [0.2, 0.25) is 0 Å². The Hall–Kier alpha value is -4.71. The summed E-state index contributed by atoms with van der Waals surface area (Å²) >= 11 is 0. The molecule has 2 N–H and O–H groups in total. The first-order chi connectivity index (χ1) is 17.7. The summed E-state index contributed by atoms with van der Waals surface area (Å²) in [6.07, 6.45) is 7.75. The minimum Gasteiger partial charge on any atom is -0.371 e. The van der Waals surface area contributed by atoms with Gasteiger partial charge in [-0.1, -0.05) is 12.1 Å². The van der Waals surface area contributed by atoms with Gasteiger partial charge in [-0.05, 0) is 61.4 Å². The summed E-state index contributed by atoms with van der Waals surface area (Å²) in [5.74, 6) is 0.218. The van der Waals surface area contributed by atoms with E-state index in [1.807, 2.05) is 54.9 Å². The van der Waals surface area contributed by atoms with Gasteiger partial charge in [-0.2, -0.15) is 10.4 Å². The fourth-order valence-corrected chi connectivity index (χ4v) is 4.36. The molecular weight excluding hydrogens is 452 g/mol. The van der Waals surface area contributed by atoms with Gasteiger partial charge < -0.3 is 15.5 Å². The number of benzene rings is 2. The number of carbonyl (C=O) groups excluding carboxylic acids is 1. The average molecular weight is 479 g/mol. The van der Waals surface area contributed by atoms with E-state index in [-0.39, 0.29) is 12.5 Å². The van der Waals surface area contributed by atoms with Crippen molar-refractivity contribution in [1.82, 2.24) is 25.1 Å². The number of carbonyl (C=O) groups is 1. The van der Waals surface area contributed by atoms with Crippen LogP contribution in [0.25, 0.3) is 11.3 Å². The number of anilines is 3. The van der Waals surface area contributed by atoms with E-state index in [4.69, 9.17) is 5.26 Å². The maximum absolute atomic E-state index is 12.0.